The molecule has 0 aromatic heterocycles. The number of carboxylic acids is 1. The van der Waals surface area contributed by atoms with Gasteiger partial charge in [0, 0.05) is 12.2 Å². The minimum absolute atomic E-state index is 0.419. The van der Waals surface area contributed by atoms with E-state index in [-0.39, 0.29) is 0 Å². The molecule has 1 aromatic rings. The minimum Gasteiger partial charge on any atom is -0.481 e. The summed E-state index contributed by atoms with van der Waals surface area (Å²) < 4.78 is 0. The number of rotatable bonds is 5. The fourth-order valence-corrected chi connectivity index (χ4v) is 1.69. The van der Waals surface area contributed by atoms with Gasteiger partial charge in [0.25, 0.3) is 0 Å². The summed E-state index contributed by atoms with van der Waals surface area (Å²) in [5.41, 5.74) is 2.10. The van der Waals surface area contributed by atoms with E-state index in [1.807, 2.05) is 36.1 Å². The van der Waals surface area contributed by atoms with E-state index in [9.17, 15) is 4.79 Å². The second kappa shape index (κ2) is 5.95. The van der Waals surface area contributed by atoms with Crippen LogP contribution in [0.25, 0.3) is 0 Å². The molecule has 0 aliphatic heterocycles. The quantitative estimate of drug-likeness (QED) is 0.789. The summed E-state index contributed by atoms with van der Waals surface area (Å²) in [5.74, 6) is 1.32. The van der Waals surface area contributed by atoms with Gasteiger partial charge in [0.05, 0.1) is 12.5 Å². The molecule has 1 N–H and O–H groups in total. The average molecular weight is 231 g/mol. The number of aliphatic carboxylic acids is 1. The van der Waals surface area contributed by atoms with E-state index < -0.39 is 11.9 Å². The summed E-state index contributed by atoms with van der Waals surface area (Å²) in [6, 6.07) is 7.83. The third kappa shape index (κ3) is 3.53. The molecule has 0 radical (unpaired) electrons. The highest BCUT2D eigenvalue weighted by molar-refractivity contribution is 5.70. The van der Waals surface area contributed by atoms with Gasteiger partial charge in [0.2, 0.25) is 0 Å². The van der Waals surface area contributed by atoms with Crippen molar-refractivity contribution in [1.82, 2.24) is 0 Å². The molecule has 0 bridgehead atoms. The largest absolute Gasteiger partial charge is 0.481 e. The van der Waals surface area contributed by atoms with Gasteiger partial charge in [-0.2, -0.15) is 0 Å². The predicted molar refractivity (Wildman–Crippen MR) is 69.0 cm³/mol. The number of para-hydroxylation sites is 1. The zero-order chi connectivity index (χ0) is 12.8. The molecule has 1 atom stereocenters. The smallest absolute Gasteiger partial charge is 0.308 e. The van der Waals surface area contributed by atoms with Crippen molar-refractivity contribution in [1.29, 1.82) is 0 Å². The highest BCUT2D eigenvalue weighted by Crippen LogP contribution is 2.20. The standard InChI is InChI=1S/C14H17NO2/c1-4-9-15(10-12(3)14(16)17)13-8-6-5-7-11(13)2/h1,5-8,12H,9-10H2,2-3H3,(H,16,17). The lowest BCUT2D eigenvalue weighted by Crippen LogP contribution is -2.32. The van der Waals surface area contributed by atoms with Crippen molar-refractivity contribution < 1.29 is 9.90 Å². The number of carbonyl (C=O) groups is 1. The summed E-state index contributed by atoms with van der Waals surface area (Å²) >= 11 is 0. The minimum atomic E-state index is -0.805. The maximum absolute atomic E-state index is 10.9. The Morgan fingerprint density at radius 1 is 1.53 bits per heavy atom. The number of benzene rings is 1. The number of nitrogens with zero attached hydrogens (tertiary/aromatic N) is 1. The zero-order valence-corrected chi connectivity index (χ0v) is 10.2. The molecule has 3 nitrogen and oxygen atoms in total. The van der Waals surface area contributed by atoms with E-state index in [4.69, 9.17) is 11.5 Å². The Labute approximate surface area is 102 Å². The third-order valence-corrected chi connectivity index (χ3v) is 2.65. The second-order valence-electron chi connectivity index (χ2n) is 4.11. The molecular weight excluding hydrogens is 214 g/mol. The van der Waals surface area contributed by atoms with Gasteiger partial charge in [-0.15, -0.1) is 6.42 Å². The van der Waals surface area contributed by atoms with Crippen molar-refractivity contribution >= 4 is 11.7 Å². The number of terminal acetylenes is 1. The molecule has 3 heteroatoms. The highest BCUT2D eigenvalue weighted by Gasteiger charge is 2.16. The third-order valence-electron chi connectivity index (χ3n) is 2.65. The Bertz CT molecular complexity index is 434. The highest BCUT2D eigenvalue weighted by atomic mass is 16.4. The molecule has 17 heavy (non-hydrogen) atoms. The van der Waals surface area contributed by atoms with Crippen LogP contribution in [0.1, 0.15) is 12.5 Å². The van der Waals surface area contributed by atoms with Crippen LogP contribution in [0, 0.1) is 25.2 Å². The molecule has 0 fully saturated rings. The Balaban J connectivity index is 2.91. The SMILES string of the molecule is C#CCN(CC(C)C(=O)O)c1ccccc1C. The van der Waals surface area contributed by atoms with Gasteiger partial charge >= 0.3 is 5.97 Å². The fraction of sp³-hybridized carbons (Fsp3) is 0.357. The molecule has 1 rings (SSSR count). The number of anilines is 1. The summed E-state index contributed by atoms with van der Waals surface area (Å²) in [7, 11) is 0. The van der Waals surface area contributed by atoms with E-state index in [0.717, 1.165) is 11.3 Å². The summed E-state index contributed by atoms with van der Waals surface area (Å²) in [6.07, 6.45) is 5.33. The first-order valence-electron chi connectivity index (χ1n) is 5.53. The Morgan fingerprint density at radius 3 is 2.71 bits per heavy atom. The number of aryl methyl sites for hydroxylation is 1. The van der Waals surface area contributed by atoms with Crippen LogP contribution in [0.2, 0.25) is 0 Å². The molecule has 0 saturated heterocycles. The normalized spacial score (nSPS) is 11.6. The van der Waals surface area contributed by atoms with E-state index in [2.05, 4.69) is 5.92 Å². The van der Waals surface area contributed by atoms with E-state index in [1.165, 1.54) is 0 Å². The topological polar surface area (TPSA) is 40.5 Å². The zero-order valence-electron chi connectivity index (χ0n) is 10.2. The molecular formula is C14H17NO2. The second-order valence-corrected chi connectivity index (χ2v) is 4.11. The van der Waals surface area contributed by atoms with Crippen LogP contribution < -0.4 is 4.90 Å². The molecule has 1 unspecified atom stereocenters. The first kappa shape index (κ1) is 13.1. The van der Waals surface area contributed by atoms with Crippen LogP contribution >= 0.6 is 0 Å². The van der Waals surface area contributed by atoms with Gasteiger partial charge in [-0.3, -0.25) is 4.79 Å². The number of hydrogen-bond acceptors (Lipinski definition) is 2. The van der Waals surface area contributed by atoms with Gasteiger partial charge in [0.15, 0.2) is 0 Å². The molecule has 1 aromatic carbocycles. The maximum atomic E-state index is 10.9. The lowest BCUT2D eigenvalue weighted by Gasteiger charge is -2.26. The van der Waals surface area contributed by atoms with Gasteiger partial charge in [0.1, 0.15) is 0 Å². The van der Waals surface area contributed by atoms with Crippen LogP contribution in [0.4, 0.5) is 5.69 Å². The first-order valence-corrected chi connectivity index (χ1v) is 5.53. The first-order chi connectivity index (χ1) is 8.06. The lowest BCUT2D eigenvalue weighted by molar-refractivity contribution is -0.140. The van der Waals surface area contributed by atoms with Gasteiger partial charge < -0.3 is 10.0 Å². The Hall–Kier alpha value is -1.95. The van der Waals surface area contributed by atoms with E-state index in [0.29, 0.717) is 13.1 Å². The molecule has 90 valence electrons. The van der Waals surface area contributed by atoms with Crippen molar-refractivity contribution in [2.24, 2.45) is 5.92 Å². The summed E-state index contributed by atoms with van der Waals surface area (Å²) in [4.78, 5) is 12.8. The van der Waals surface area contributed by atoms with E-state index >= 15 is 0 Å². The predicted octanol–water partition coefficient (Wildman–Crippen LogP) is 2.16. The number of hydrogen-bond donors (Lipinski definition) is 1. The van der Waals surface area contributed by atoms with Crippen LogP contribution in [0.5, 0.6) is 0 Å². The molecule has 0 aliphatic carbocycles. The van der Waals surface area contributed by atoms with Gasteiger partial charge in [-0.1, -0.05) is 31.0 Å². The fourth-order valence-electron chi connectivity index (χ4n) is 1.69. The summed E-state index contributed by atoms with van der Waals surface area (Å²) in [5, 5.41) is 8.94. The van der Waals surface area contributed by atoms with Crippen molar-refractivity contribution in [2.75, 3.05) is 18.0 Å². The van der Waals surface area contributed by atoms with Crippen LogP contribution in [0.15, 0.2) is 24.3 Å². The van der Waals surface area contributed by atoms with Crippen molar-refractivity contribution in [3.8, 4) is 12.3 Å². The summed E-state index contributed by atoms with van der Waals surface area (Å²) in [6.45, 7) is 4.52. The van der Waals surface area contributed by atoms with Crippen molar-refractivity contribution in [3.63, 3.8) is 0 Å². The van der Waals surface area contributed by atoms with Crippen LogP contribution in [0.3, 0.4) is 0 Å². The van der Waals surface area contributed by atoms with Crippen molar-refractivity contribution in [3.05, 3.63) is 29.8 Å². The van der Waals surface area contributed by atoms with Gasteiger partial charge in [-0.05, 0) is 18.6 Å². The van der Waals surface area contributed by atoms with Gasteiger partial charge in [-0.25, -0.2) is 0 Å². The molecule has 0 spiro atoms. The Kier molecular flexibility index (Phi) is 4.59. The van der Waals surface area contributed by atoms with Crippen LogP contribution in [-0.2, 0) is 4.79 Å². The lowest BCUT2D eigenvalue weighted by atomic mass is 10.1. The Morgan fingerprint density at radius 2 is 2.18 bits per heavy atom. The van der Waals surface area contributed by atoms with Crippen LogP contribution in [-0.4, -0.2) is 24.2 Å². The molecule has 0 aliphatic rings. The molecule has 0 amide bonds. The van der Waals surface area contributed by atoms with Crippen molar-refractivity contribution in [2.45, 2.75) is 13.8 Å². The van der Waals surface area contributed by atoms with E-state index in [1.54, 1.807) is 6.92 Å². The molecule has 0 saturated carbocycles. The average Bonchev–Trinajstić information content (AvgIpc) is 2.29. The number of carboxylic acid groups (broad SMARTS) is 1. The molecule has 0 heterocycles. The monoisotopic (exact) mass is 231 g/mol. The maximum Gasteiger partial charge on any atom is 0.308 e.